The van der Waals surface area contributed by atoms with Gasteiger partial charge in [0, 0.05) is 7.11 Å². The van der Waals surface area contributed by atoms with E-state index < -0.39 is 6.10 Å². The van der Waals surface area contributed by atoms with Crippen LogP contribution in [0.1, 0.15) is 18.8 Å². The second-order valence-corrected chi connectivity index (χ2v) is 4.56. The minimum atomic E-state index is -0.582. The Balaban J connectivity index is 1.83. The van der Waals surface area contributed by atoms with Gasteiger partial charge in [-0.3, -0.25) is 4.79 Å². The summed E-state index contributed by atoms with van der Waals surface area (Å²) in [6.07, 6.45) is 0.680. The SMILES string of the molecule is CO[C@H](CNC(=O)[C@H](C)Oc1ccccc1)c1ccco1. The molecule has 0 bridgehead atoms. The third-order valence-electron chi connectivity index (χ3n) is 3.03. The minimum absolute atomic E-state index is 0.201. The molecule has 0 radical (unpaired) electrons. The van der Waals surface area contributed by atoms with Gasteiger partial charge in [0.15, 0.2) is 6.10 Å². The zero-order chi connectivity index (χ0) is 15.1. The highest BCUT2D eigenvalue weighted by Crippen LogP contribution is 2.16. The van der Waals surface area contributed by atoms with E-state index in [-0.39, 0.29) is 12.0 Å². The number of carbonyl (C=O) groups is 1. The van der Waals surface area contributed by atoms with Crippen molar-refractivity contribution in [3.8, 4) is 5.75 Å². The number of carbonyl (C=O) groups excluding carboxylic acids is 1. The quantitative estimate of drug-likeness (QED) is 0.851. The van der Waals surface area contributed by atoms with E-state index in [4.69, 9.17) is 13.9 Å². The third-order valence-corrected chi connectivity index (χ3v) is 3.03. The fourth-order valence-corrected chi connectivity index (χ4v) is 1.87. The van der Waals surface area contributed by atoms with E-state index in [0.717, 1.165) is 0 Å². The normalized spacial score (nSPS) is 13.4. The van der Waals surface area contributed by atoms with Crippen molar-refractivity contribution in [1.29, 1.82) is 0 Å². The summed E-state index contributed by atoms with van der Waals surface area (Å²) in [5.41, 5.74) is 0. The van der Waals surface area contributed by atoms with Gasteiger partial charge in [-0.2, -0.15) is 0 Å². The largest absolute Gasteiger partial charge is 0.481 e. The molecule has 1 aromatic heterocycles. The van der Waals surface area contributed by atoms with Crippen LogP contribution in [0.25, 0.3) is 0 Å². The van der Waals surface area contributed by atoms with E-state index in [2.05, 4.69) is 5.32 Å². The fraction of sp³-hybridized carbons (Fsp3) is 0.312. The van der Waals surface area contributed by atoms with Gasteiger partial charge in [0.2, 0.25) is 0 Å². The zero-order valence-electron chi connectivity index (χ0n) is 12.1. The molecule has 1 aromatic carbocycles. The van der Waals surface area contributed by atoms with Gasteiger partial charge in [-0.05, 0) is 31.2 Å². The summed E-state index contributed by atoms with van der Waals surface area (Å²) in [7, 11) is 1.57. The molecule has 0 aliphatic rings. The smallest absolute Gasteiger partial charge is 0.260 e. The van der Waals surface area contributed by atoms with Crippen LogP contribution in [0.2, 0.25) is 0 Å². The van der Waals surface area contributed by atoms with Crippen LogP contribution in [0.4, 0.5) is 0 Å². The first-order valence-corrected chi connectivity index (χ1v) is 6.76. The van der Waals surface area contributed by atoms with Crippen molar-refractivity contribution in [3.05, 3.63) is 54.5 Å². The molecule has 5 heteroatoms. The van der Waals surface area contributed by atoms with Crippen molar-refractivity contribution in [1.82, 2.24) is 5.32 Å². The summed E-state index contributed by atoms with van der Waals surface area (Å²) in [4.78, 5) is 12.0. The molecule has 0 aliphatic heterocycles. The fourth-order valence-electron chi connectivity index (χ4n) is 1.87. The van der Waals surface area contributed by atoms with Crippen LogP contribution in [-0.2, 0) is 9.53 Å². The van der Waals surface area contributed by atoms with Crippen LogP contribution in [0.5, 0.6) is 5.75 Å². The van der Waals surface area contributed by atoms with Crippen molar-refractivity contribution >= 4 is 5.91 Å². The maximum absolute atomic E-state index is 12.0. The minimum Gasteiger partial charge on any atom is -0.481 e. The summed E-state index contributed by atoms with van der Waals surface area (Å²) in [6, 6.07) is 12.8. The standard InChI is InChI=1S/C16H19NO4/c1-12(21-13-7-4-3-5-8-13)16(18)17-11-15(19-2)14-9-6-10-20-14/h3-10,12,15H,11H2,1-2H3,(H,17,18)/t12-,15+/m0/s1. The topological polar surface area (TPSA) is 60.7 Å². The highest BCUT2D eigenvalue weighted by atomic mass is 16.5. The maximum Gasteiger partial charge on any atom is 0.260 e. The number of ether oxygens (including phenoxy) is 2. The Bertz CT molecular complexity index is 539. The molecule has 1 amide bonds. The van der Waals surface area contributed by atoms with Crippen LogP contribution in [0, 0.1) is 0 Å². The van der Waals surface area contributed by atoms with Crippen LogP contribution >= 0.6 is 0 Å². The Labute approximate surface area is 123 Å². The van der Waals surface area contributed by atoms with Gasteiger partial charge in [0.25, 0.3) is 5.91 Å². The summed E-state index contributed by atoms with van der Waals surface area (Å²) < 4.78 is 16.1. The van der Waals surface area contributed by atoms with E-state index in [1.165, 1.54) is 0 Å². The summed E-state index contributed by atoms with van der Waals surface area (Å²) in [5.74, 6) is 1.14. The monoisotopic (exact) mass is 289 g/mol. The Morgan fingerprint density at radius 1 is 1.24 bits per heavy atom. The molecule has 0 unspecified atom stereocenters. The molecule has 2 aromatic rings. The van der Waals surface area contributed by atoms with Gasteiger partial charge < -0.3 is 19.2 Å². The Kier molecular flexibility index (Phi) is 5.40. The van der Waals surface area contributed by atoms with E-state index in [0.29, 0.717) is 18.1 Å². The number of hydrogen-bond donors (Lipinski definition) is 1. The number of amides is 1. The Morgan fingerprint density at radius 3 is 2.62 bits per heavy atom. The lowest BCUT2D eigenvalue weighted by Gasteiger charge is -2.17. The molecule has 0 saturated heterocycles. The number of furan rings is 1. The summed E-state index contributed by atoms with van der Waals surface area (Å²) in [5, 5.41) is 2.79. The van der Waals surface area contributed by atoms with E-state index in [9.17, 15) is 4.79 Å². The molecule has 0 fully saturated rings. The maximum atomic E-state index is 12.0. The van der Waals surface area contributed by atoms with Gasteiger partial charge in [-0.25, -0.2) is 0 Å². The second-order valence-electron chi connectivity index (χ2n) is 4.56. The van der Waals surface area contributed by atoms with Crippen molar-refractivity contribution in [2.75, 3.05) is 13.7 Å². The van der Waals surface area contributed by atoms with Gasteiger partial charge in [0.05, 0.1) is 12.8 Å². The molecule has 112 valence electrons. The van der Waals surface area contributed by atoms with Gasteiger partial charge >= 0.3 is 0 Å². The highest BCUT2D eigenvalue weighted by molar-refractivity contribution is 5.80. The van der Waals surface area contributed by atoms with Crippen molar-refractivity contribution in [3.63, 3.8) is 0 Å². The van der Waals surface area contributed by atoms with Crippen LogP contribution in [0.3, 0.4) is 0 Å². The predicted molar refractivity (Wildman–Crippen MR) is 78.0 cm³/mol. The molecular weight excluding hydrogens is 270 g/mol. The predicted octanol–water partition coefficient (Wildman–Crippen LogP) is 2.55. The van der Waals surface area contributed by atoms with Gasteiger partial charge in [-0.15, -0.1) is 0 Å². The molecule has 1 N–H and O–H groups in total. The number of para-hydroxylation sites is 1. The average Bonchev–Trinajstić information content (AvgIpc) is 3.03. The van der Waals surface area contributed by atoms with Crippen LogP contribution < -0.4 is 10.1 Å². The molecule has 21 heavy (non-hydrogen) atoms. The summed E-state index contributed by atoms with van der Waals surface area (Å²) in [6.45, 7) is 2.03. The first-order valence-electron chi connectivity index (χ1n) is 6.76. The van der Waals surface area contributed by atoms with Gasteiger partial charge in [-0.1, -0.05) is 18.2 Å². The van der Waals surface area contributed by atoms with Crippen LogP contribution in [-0.4, -0.2) is 25.7 Å². The molecule has 0 spiro atoms. The first kappa shape index (κ1) is 15.1. The zero-order valence-corrected chi connectivity index (χ0v) is 12.1. The van der Waals surface area contributed by atoms with Crippen molar-refractivity contribution < 1.29 is 18.7 Å². The first-order chi connectivity index (χ1) is 10.2. The van der Waals surface area contributed by atoms with E-state index in [1.54, 1.807) is 26.4 Å². The second kappa shape index (κ2) is 7.50. The van der Waals surface area contributed by atoms with Crippen molar-refractivity contribution in [2.24, 2.45) is 0 Å². The lowest BCUT2D eigenvalue weighted by Crippen LogP contribution is -2.38. The molecule has 0 aliphatic carbocycles. The molecule has 1 heterocycles. The molecule has 2 rings (SSSR count). The third kappa shape index (κ3) is 4.36. The number of rotatable bonds is 7. The molecular formula is C16H19NO4. The molecule has 0 saturated carbocycles. The van der Waals surface area contributed by atoms with E-state index >= 15 is 0 Å². The average molecular weight is 289 g/mol. The number of hydrogen-bond acceptors (Lipinski definition) is 4. The lowest BCUT2D eigenvalue weighted by atomic mass is 10.2. The molecule has 2 atom stereocenters. The lowest BCUT2D eigenvalue weighted by molar-refractivity contribution is -0.127. The number of benzene rings is 1. The van der Waals surface area contributed by atoms with E-state index in [1.807, 2.05) is 36.4 Å². The highest BCUT2D eigenvalue weighted by Gasteiger charge is 2.18. The Morgan fingerprint density at radius 2 is 2.00 bits per heavy atom. The number of nitrogens with one attached hydrogen (secondary N) is 1. The van der Waals surface area contributed by atoms with Crippen molar-refractivity contribution in [2.45, 2.75) is 19.1 Å². The number of methoxy groups -OCH3 is 1. The van der Waals surface area contributed by atoms with Crippen LogP contribution in [0.15, 0.2) is 53.1 Å². The summed E-state index contributed by atoms with van der Waals surface area (Å²) >= 11 is 0. The van der Waals surface area contributed by atoms with Gasteiger partial charge in [0.1, 0.15) is 17.6 Å². The Hall–Kier alpha value is -2.27. The molecule has 5 nitrogen and oxygen atoms in total.